The van der Waals surface area contributed by atoms with Gasteiger partial charge in [0, 0.05) is 31.9 Å². The average Bonchev–Trinajstić information content (AvgIpc) is 2.90. The Balaban J connectivity index is 1.26. The number of amides is 3. The first kappa shape index (κ1) is 31.3. The number of piperidine rings is 1. The maximum atomic E-state index is 13.9. The maximum Gasteiger partial charge on any atom is 0.419 e. The number of fused-ring (bicyclic) bond motifs is 1. The molecule has 0 saturated carbocycles. The molecule has 3 amide bonds. The molecule has 0 atom stereocenters. The molecule has 0 unspecified atom stereocenters. The van der Waals surface area contributed by atoms with Crippen molar-refractivity contribution >= 4 is 23.6 Å². The van der Waals surface area contributed by atoms with E-state index in [1.165, 1.54) is 0 Å². The number of ether oxygens (including phenoxy) is 2. The molecule has 0 spiro atoms. The smallest absolute Gasteiger partial charge is 0.419 e. The second kappa shape index (κ2) is 12.7. The molecule has 4 rings (SSSR count). The van der Waals surface area contributed by atoms with Crippen LogP contribution in [0.15, 0.2) is 36.4 Å². The third-order valence-corrected chi connectivity index (χ3v) is 7.13. The number of nitrogens with one attached hydrogen (secondary N) is 1. The standard InChI is InChI=1S/C30H35F4N3O5/c1-29(2,3)42-28(40)36-12-9-21(10-13-36)41-18-27(39)37-14-11-22-20(17-37)5-4-6-25(22)35-26(38)16-19-7-8-23(24(31)15-19)30(32,33)34/h4-8,15,21H,9-14,16-18H2,1-3H3,(H,35,38). The van der Waals surface area contributed by atoms with E-state index in [1.807, 2.05) is 26.8 Å². The first-order chi connectivity index (χ1) is 19.7. The average molecular weight is 594 g/mol. The van der Waals surface area contributed by atoms with Gasteiger partial charge in [0.15, 0.2) is 0 Å². The normalized spacial score (nSPS) is 16.2. The molecule has 2 heterocycles. The van der Waals surface area contributed by atoms with Gasteiger partial charge in [-0.3, -0.25) is 9.59 Å². The van der Waals surface area contributed by atoms with Crippen molar-refractivity contribution in [3.05, 3.63) is 64.5 Å². The fourth-order valence-corrected chi connectivity index (χ4v) is 5.03. The monoisotopic (exact) mass is 593 g/mol. The van der Waals surface area contributed by atoms with Crippen molar-refractivity contribution in [2.24, 2.45) is 0 Å². The molecule has 1 N–H and O–H groups in total. The van der Waals surface area contributed by atoms with E-state index >= 15 is 0 Å². The number of carbonyl (C=O) groups is 3. The quantitative estimate of drug-likeness (QED) is 0.458. The van der Waals surface area contributed by atoms with Crippen LogP contribution >= 0.6 is 0 Å². The Kier molecular flexibility index (Phi) is 9.44. The summed E-state index contributed by atoms with van der Waals surface area (Å²) in [6.45, 7) is 7.12. The van der Waals surface area contributed by atoms with Crippen LogP contribution in [0.5, 0.6) is 0 Å². The number of likely N-dealkylation sites (tertiary alicyclic amines) is 1. The van der Waals surface area contributed by atoms with E-state index < -0.39 is 29.1 Å². The molecule has 42 heavy (non-hydrogen) atoms. The number of alkyl halides is 3. The van der Waals surface area contributed by atoms with Crippen LogP contribution in [-0.2, 0) is 44.6 Å². The summed E-state index contributed by atoms with van der Waals surface area (Å²) in [5, 5.41) is 2.77. The number of carbonyl (C=O) groups excluding carboxylic acids is 3. The minimum Gasteiger partial charge on any atom is -0.444 e. The SMILES string of the molecule is CC(C)(C)OC(=O)N1CCC(OCC(=O)N2CCc3c(cccc3NC(=O)Cc3ccc(C(F)(F)F)c(F)c3)C2)CC1. The van der Waals surface area contributed by atoms with Crippen LogP contribution < -0.4 is 5.32 Å². The minimum absolute atomic E-state index is 0.0768. The highest BCUT2D eigenvalue weighted by Crippen LogP contribution is 2.32. The molecule has 0 bridgehead atoms. The predicted molar refractivity (Wildman–Crippen MR) is 146 cm³/mol. The van der Waals surface area contributed by atoms with Crippen LogP contribution in [0.2, 0.25) is 0 Å². The molecule has 12 heteroatoms. The summed E-state index contributed by atoms with van der Waals surface area (Å²) >= 11 is 0. The van der Waals surface area contributed by atoms with Crippen molar-refractivity contribution in [2.45, 2.75) is 70.9 Å². The number of rotatable bonds is 6. The zero-order valence-corrected chi connectivity index (χ0v) is 23.9. The Labute approximate surface area is 241 Å². The fourth-order valence-electron chi connectivity index (χ4n) is 5.03. The molecular formula is C30H35F4N3O5. The fraction of sp³-hybridized carbons (Fsp3) is 0.500. The van der Waals surface area contributed by atoms with Gasteiger partial charge < -0.3 is 24.6 Å². The van der Waals surface area contributed by atoms with Crippen LogP contribution in [-0.4, -0.2) is 65.7 Å². The van der Waals surface area contributed by atoms with Crippen LogP contribution in [0, 0.1) is 5.82 Å². The lowest BCUT2D eigenvalue weighted by Crippen LogP contribution is -2.44. The first-order valence-corrected chi connectivity index (χ1v) is 13.8. The Hall–Kier alpha value is -3.67. The summed E-state index contributed by atoms with van der Waals surface area (Å²) < 4.78 is 63.6. The highest BCUT2D eigenvalue weighted by atomic mass is 19.4. The lowest BCUT2D eigenvalue weighted by Gasteiger charge is -2.34. The third kappa shape index (κ3) is 8.21. The van der Waals surface area contributed by atoms with E-state index in [-0.39, 0.29) is 36.7 Å². The molecule has 228 valence electrons. The van der Waals surface area contributed by atoms with Gasteiger partial charge in [0.1, 0.15) is 18.0 Å². The van der Waals surface area contributed by atoms with Crippen molar-refractivity contribution in [1.29, 1.82) is 0 Å². The van der Waals surface area contributed by atoms with Crippen LogP contribution in [0.1, 0.15) is 55.9 Å². The number of nitrogens with zero attached hydrogens (tertiary/aromatic N) is 2. The Morgan fingerprint density at radius 3 is 2.36 bits per heavy atom. The van der Waals surface area contributed by atoms with Gasteiger partial charge in [-0.05, 0) is 74.9 Å². The second-order valence-electron chi connectivity index (χ2n) is 11.5. The molecule has 8 nitrogen and oxygen atoms in total. The van der Waals surface area contributed by atoms with Gasteiger partial charge in [0.05, 0.1) is 18.1 Å². The molecule has 2 aliphatic heterocycles. The van der Waals surface area contributed by atoms with Gasteiger partial charge in [0.2, 0.25) is 11.8 Å². The molecule has 0 aromatic heterocycles. The molecular weight excluding hydrogens is 558 g/mol. The number of hydrogen-bond donors (Lipinski definition) is 1. The van der Waals surface area contributed by atoms with Crippen LogP contribution in [0.25, 0.3) is 0 Å². The first-order valence-electron chi connectivity index (χ1n) is 13.8. The third-order valence-electron chi connectivity index (χ3n) is 7.13. The van der Waals surface area contributed by atoms with Crippen molar-refractivity contribution in [3.8, 4) is 0 Å². The Morgan fingerprint density at radius 1 is 1.00 bits per heavy atom. The van der Waals surface area contributed by atoms with Crippen molar-refractivity contribution in [3.63, 3.8) is 0 Å². The van der Waals surface area contributed by atoms with Crippen LogP contribution in [0.4, 0.5) is 28.0 Å². The molecule has 2 aliphatic rings. The molecule has 1 fully saturated rings. The van der Waals surface area contributed by atoms with Crippen molar-refractivity contribution in [1.82, 2.24) is 9.80 Å². The zero-order valence-electron chi connectivity index (χ0n) is 23.9. The van der Waals surface area contributed by atoms with Crippen molar-refractivity contribution < 1.29 is 41.4 Å². The van der Waals surface area contributed by atoms with Gasteiger partial charge in [0.25, 0.3) is 0 Å². The summed E-state index contributed by atoms with van der Waals surface area (Å²) in [7, 11) is 0. The highest BCUT2D eigenvalue weighted by Gasteiger charge is 2.34. The van der Waals surface area contributed by atoms with E-state index in [9.17, 15) is 31.9 Å². The molecule has 2 aromatic carbocycles. The van der Waals surface area contributed by atoms with E-state index in [0.29, 0.717) is 57.2 Å². The lowest BCUT2D eigenvalue weighted by atomic mass is 9.97. The lowest BCUT2D eigenvalue weighted by molar-refractivity contribution is -0.140. The molecule has 2 aromatic rings. The van der Waals surface area contributed by atoms with E-state index in [0.717, 1.165) is 23.3 Å². The summed E-state index contributed by atoms with van der Waals surface area (Å²) in [5.74, 6) is -2.08. The highest BCUT2D eigenvalue weighted by molar-refractivity contribution is 5.93. The number of benzene rings is 2. The van der Waals surface area contributed by atoms with Gasteiger partial charge in [-0.1, -0.05) is 18.2 Å². The summed E-state index contributed by atoms with van der Waals surface area (Å²) in [6, 6.07) is 7.76. The van der Waals surface area contributed by atoms with E-state index in [2.05, 4.69) is 5.32 Å². The van der Waals surface area contributed by atoms with Crippen LogP contribution in [0.3, 0.4) is 0 Å². The van der Waals surface area contributed by atoms with E-state index in [1.54, 1.807) is 21.9 Å². The predicted octanol–water partition coefficient (Wildman–Crippen LogP) is 5.33. The largest absolute Gasteiger partial charge is 0.444 e. The molecule has 0 aliphatic carbocycles. The van der Waals surface area contributed by atoms with Crippen molar-refractivity contribution in [2.75, 3.05) is 31.6 Å². The Bertz CT molecular complexity index is 1320. The summed E-state index contributed by atoms with van der Waals surface area (Å²) in [4.78, 5) is 41.1. The minimum atomic E-state index is -4.81. The molecule has 1 saturated heterocycles. The maximum absolute atomic E-state index is 13.9. The van der Waals surface area contributed by atoms with Gasteiger partial charge >= 0.3 is 12.3 Å². The van der Waals surface area contributed by atoms with Gasteiger partial charge in [-0.15, -0.1) is 0 Å². The summed E-state index contributed by atoms with van der Waals surface area (Å²) in [6.07, 6.45) is -3.89. The number of hydrogen-bond acceptors (Lipinski definition) is 5. The number of halogens is 4. The molecule has 0 radical (unpaired) electrons. The zero-order chi connectivity index (χ0) is 30.7. The van der Waals surface area contributed by atoms with E-state index in [4.69, 9.17) is 9.47 Å². The topological polar surface area (TPSA) is 88.2 Å². The number of anilines is 1. The Morgan fingerprint density at radius 2 is 1.71 bits per heavy atom. The van der Waals surface area contributed by atoms with Gasteiger partial charge in [-0.25, -0.2) is 9.18 Å². The van der Waals surface area contributed by atoms with Gasteiger partial charge in [-0.2, -0.15) is 13.2 Å². The summed E-state index contributed by atoms with van der Waals surface area (Å²) in [5.41, 5.74) is 0.450. The second-order valence-corrected chi connectivity index (χ2v) is 11.5.